The molecular weight excluding hydrogens is 463 g/mol. The van der Waals surface area contributed by atoms with Crippen molar-refractivity contribution in [2.24, 2.45) is 11.3 Å². The third-order valence-electron chi connectivity index (χ3n) is 7.01. The first kappa shape index (κ1) is 26.6. The summed E-state index contributed by atoms with van der Waals surface area (Å²) in [7, 11) is -3.34. The first-order chi connectivity index (χ1) is 16.9. The minimum absolute atomic E-state index is 0.00490. The van der Waals surface area contributed by atoms with Gasteiger partial charge in [0.15, 0.2) is 6.35 Å². The number of hydrogen-bond donors (Lipinski definition) is 0. The minimum Gasteiger partial charge on any atom is -0.481 e. The molecule has 0 radical (unpaired) electrons. The molecular formula is C32H41O3P. The van der Waals surface area contributed by atoms with Crippen LogP contribution in [0.5, 0.6) is 11.5 Å². The molecule has 0 amide bonds. The van der Waals surface area contributed by atoms with Gasteiger partial charge in [0.2, 0.25) is 0 Å². The third-order valence-corrected chi connectivity index (χ3v) is 9.04. The lowest BCUT2D eigenvalue weighted by atomic mass is 9.76. The van der Waals surface area contributed by atoms with Crippen LogP contribution in [0.15, 0.2) is 54.6 Å². The van der Waals surface area contributed by atoms with Crippen molar-refractivity contribution in [1.29, 1.82) is 0 Å². The lowest BCUT2D eigenvalue weighted by Crippen LogP contribution is -2.16. The van der Waals surface area contributed by atoms with Gasteiger partial charge in [0, 0.05) is 17.0 Å². The largest absolute Gasteiger partial charge is 0.481 e. The molecule has 0 aromatic heterocycles. The zero-order valence-electron chi connectivity index (χ0n) is 23.1. The van der Waals surface area contributed by atoms with Crippen molar-refractivity contribution in [2.45, 2.75) is 74.1 Å². The summed E-state index contributed by atoms with van der Waals surface area (Å²) >= 11 is 0. The van der Waals surface area contributed by atoms with E-state index in [0.29, 0.717) is 11.2 Å². The molecule has 4 heteroatoms. The molecule has 192 valence electrons. The van der Waals surface area contributed by atoms with Gasteiger partial charge >= 0.3 is 7.37 Å². The second-order valence-electron chi connectivity index (χ2n) is 12.0. The van der Waals surface area contributed by atoms with E-state index >= 15 is 0 Å². The van der Waals surface area contributed by atoms with E-state index in [1.807, 2.05) is 30.3 Å². The van der Waals surface area contributed by atoms with Gasteiger partial charge in [-0.3, -0.25) is 4.57 Å². The van der Waals surface area contributed by atoms with E-state index in [-0.39, 0.29) is 17.7 Å². The Hall–Kier alpha value is -2.51. The van der Waals surface area contributed by atoms with Gasteiger partial charge in [0.1, 0.15) is 11.5 Å². The van der Waals surface area contributed by atoms with Gasteiger partial charge in [0.25, 0.3) is 0 Å². The summed E-state index contributed by atoms with van der Waals surface area (Å²) in [6.45, 7) is 17.7. The van der Waals surface area contributed by atoms with Crippen LogP contribution in [0, 0.1) is 39.0 Å². The first-order valence-corrected chi connectivity index (χ1v) is 14.9. The SMILES string of the molecule is Cc1cc(C)c2c(c1)C(CC(C)CC(C)(C)C)c1cc(C)cc(C)c1OP(=O)(c1ccccc1)CO2. The summed E-state index contributed by atoms with van der Waals surface area (Å²) in [5.41, 5.74) is 7.01. The fraction of sp³-hybridized carbons (Fsp3) is 0.438. The molecule has 3 atom stereocenters. The van der Waals surface area contributed by atoms with Gasteiger partial charge in [-0.25, -0.2) is 0 Å². The Morgan fingerprint density at radius 1 is 0.889 bits per heavy atom. The van der Waals surface area contributed by atoms with E-state index in [2.05, 4.69) is 79.7 Å². The molecule has 0 spiro atoms. The lowest BCUT2D eigenvalue weighted by molar-refractivity contribution is 0.289. The minimum atomic E-state index is -3.34. The second kappa shape index (κ2) is 10.1. The highest BCUT2D eigenvalue weighted by Gasteiger charge is 2.36. The molecule has 0 N–H and O–H groups in total. The summed E-state index contributed by atoms with van der Waals surface area (Å²) < 4.78 is 27.6. The van der Waals surface area contributed by atoms with E-state index in [1.54, 1.807) is 0 Å². The Kier molecular flexibility index (Phi) is 7.45. The summed E-state index contributed by atoms with van der Waals surface area (Å²) in [5.74, 6) is 2.16. The van der Waals surface area contributed by atoms with Crippen LogP contribution in [0.4, 0.5) is 0 Å². The van der Waals surface area contributed by atoms with E-state index < -0.39 is 7.37 Å². The van der Waals surface area contributed by atoms with E-state index in [4.69, 9.17) is 9.26 Å². The zero-order chi connectivity index (χ0) is 26.3. The Morgan fingerprint density at radius 3 is 2.03 bits per heavy atom. The average Bonchev–Trinajstić information content (AvgIpc) is 2.82. The van der Waals surface area contributed by atoms with Gasteiger partial charge in [0.05, 0.1) is 5.30 Å². The van der Waals surface area contributed by atoms with Crippen molar-refractivity contribution >= 4 is 12.7 Å². The predicted molar refractivity (Wildman–Crippen MR) is 151 cm³/mol. The van der Waals surface area contributed by atoms with Crippen LogP contribution in [-0.2, 0) is 4.57 Å². The van der Waals surface area contributed by atoms with E-state index in [1.165, 1.54) is 16.7 Å². The Bertz CT molecular complexity index is 1290. The highest BCUT2D eigenvalue weighted by atomic mass is 31.2. The molecule has 1 aliphatic rings. The highest BCUT2D eigenvalue weighted by Crippen LogP contribution is 2.54. The molecule has 1 heterocycles. The standard InChI is InChI=1S/C32H41O3P/c1-21-14-24(4)30-28(16-21)27(18-23(3)19-32(6,7)8)29-17-22(2)15-25(5)31(29)35-36(33,20-34-30)26-12-10-9-11-13-26/h9-17,23,27H,18-20H2,1-8H3. The maximum absolute atomic E-state index is 14.5. The van der Waals surface area contributed by atoms with Crippen molar-refractivity contribution in [1.82, 2.24) is 0 Å². The highest BCUT2D eigenvalue weighted by molar-refractivity contribution is 7.67. The molecule has 3 aromatic rings. The van der Waals surface area contributed by atoms with Crippen LogP contribution in [-0.4, -0.2) is 6.35 Å². The molecule has 0 aliphatic carbocycles. The van der Waals surface area contributed by atoms with Crippen LogP contribution in [0.1, 0.15) is 79.8 Å². The van der Waals surface area contributed by atoms with Crippen LogP contribution in [0.2, 0.25) is 0 Å². The molecule has 1 aliphatic heterocycles. The Balaban J connectivity index is 1.97. The zero-order valence-corrected chi connectivity index (χ0v) is 24.0. The van der Waals surface area contributed by atoms with Crippen molar-refractivity contribution in [3.8, 4) is 11.5 Å². The summed E-state index contributed by atoms with van der Waals surface area (Å²) in [4.78, 5) is 0. The number of rotatable bonds is 4. The van der Waals surface area contributed by atoms with Crippen molar-refractivity contribution in [3.63, 3.8) is 0 Å². The monoisotopic (exact) mass is 504 g/mol. The van der Waals surface area contributed by atoms with Gasteiger partial charge in [-0.15, -0.1) is 0 Å². The molecule has 0 saturated carbocycles. The van der Waals surface area contributed by atoms with E-state index in [0.717, 1.165) is 41.0 Å². The molecule has 0 saturated heterocycles. The Labute approximate surface area is 217 Å². The summed E-state index contributed by atoms with van der Waals surface area (Å²) in [6, 6.07) is 18.3. The van der Waals surface area contributed by atoms with Crippen LogP contribution < -0.4 is 14.6 Å². The molecule has 3 aromatic carbocycles. The molecule has 0 bridgehead atoms. The topological polar surface area (TPSA) is 35.5 Å². The van der Waals surface area contributed by atoms with Crippen LogP contribution in [0.3, 0.4) is 0 Å². The van der Waals surface area contributed by atoms with Gasteiger partial charge in [-0.2, -0.15) is 0 Å². The number of hydrogen-bond acceptors (Lipinski definition) is 3. The van der Waals surface area contributed by atoms with E-state index in [9.17, 15) is 4.57 Å². The number of aryl methyl sites for hydroxylation is 4. The maximum Gasteiger partial charge on any atom is 0.313 e. The van der Waals surface area contributed by atoms with Crippen molar-refractivity contribution < 1.29 is 13.8 Å². The first-order valence-electron chi connectivity index (χ1n) is 13.1. The number of fused-ring (bicyclic) bond motifs is 2. The number of benzene rings is 3. The number of ether oxygens (including phenoxy) is 1. The lowest BCUT2D eigenvalue weighted by Gasteiger charge is -2.29. The van der Waals surface area contributed by atoms with Gasteiger partial charge in [-0.05, 0) is 75.1 Å². The predicted octanol–water partition coefficient (Wildman–Crippen LogP) is 8.85. The molecule has 3 unspecified atom stereocenters. The summed E-state index contributed by atoms with van der Waals surface area (Å²) in [5, 5.41) is 0.682. The normalized spacial score (nSPS) is 20.6. The fourth-order valence-electron chi connectivity index (χ4n) is 5.87. The average molecular weight is 505 g/mol. The van der Waals surface area contributed by atoms with Crippen molar-refractivity contribution in [3.05, 3.63) is 88.0 Å². The second-order valence-corrected chi connectivity index (χ2v) is 14.3. The smallest absolute Gasteiger partial charge is 0.313 e. The van der Waals surface area contributed by atoms with Crippen LogP contribution in [0.25, 0.3) is 0 Å². The molecule has 3 nitrogen and oxygen atoms in total. The van der Waals surface area contributed by atoms with Gasteiger partial charge < -0.3 is 9.26 Å². The van der Waals surface area contributed by atoms with Gasteiger partial charge in [-0.1, -0.05) is 81.3 Å². The summed E-state index contributed by atoms with van der Waals surface area (Å²) in [6.07, 6.45) is 2.09. The fourth-order valence-corrected chi connectivity index (χ4v) is 7.65. The maximum atomic E-state index is 14.5. The Morgan fingerprint density at radius 2 is 1.44 bits per heavy atom. The molecule has 4 rings (SSSR count). The van der Waals surface area contributed by atoms with Crippen molar-refractivity contribution in [2.75, 3.05) is 6.35 Å². The van der Waals surface area contributed by atoms with Crippen LogP contribution >= 0.6 is 7.37 Å². The molecule has 0 fully saturated rings. The quantitative estimate of drug-likeness (QED) is 0.333. The molecule has 36 heavy (non-hydrogen) atoms. The third kappa shape index (κ3) is 5.73.